The highest BCUT2D eigenvalue weighted by molar-refractivity contribution is 7.89. The van der Waals surface area contributed by atoms with Gasteiger partial charge in [-0.3, -0.25) is 9.78 Å². The molecule has 1 aromatic carbocycles. The predicted molar refractivity (Wildman–Crippen MR) is 103 cm³/mol. The molecule has 1 fully saturated rings. The van der Waals surface area contributed by atoms with Crippen LogP contribution in [-0.2, 0) is 14.8 Å². The number of amides is 1. The second kappa shape index (κ2) is 8.41. The van der Waals surface area contributed by atoms with Gasteiger partial charge in [0.2, 0.25) is 15.9 Å². The average Bonchev–Trinajstić information content (AvgIpc) is 2.69. The molecule has 0 aliphatic carbocycles. The van der Waals surface area contributed by atoms with Crippen LogP contribution in [0.4, 0.5) is 0 Å². The highest BCUT2D eigenvalue weighted by Gasteiger charge is 2.33. The maximum atomic E-state index is 12.9. The van der Waals surface area contributed by atoms with E-state index >= 15 is 0 Å². The van der Waals surface area contributed by atoms with Crippen molar-refractivity contribution in [2.75, 3.05) is 13.1 Å². The molecule has 7 nitrogen and oxygen atoms in total. The first-order valence-electron chi connectivity index (χ1n) is 8.78. The Hall–Kier alpha value is -2.58. The van der Waals surface area contributed by atoms with Crippen LogP contribution in [0.3, 0.4) is 0 Å². The number of carbonyl (C=O) groups is 1. The van der Waals surface area contributed by atoms with Crippen molar-refractivity contribution in [1.29, 1.82) is 0 Å². The van der Waals surface area contributed by atoms with E-state index in [4.69, 9.17) is 0 Å². The van der Waals surface area contributed by atoms with Gasteiger partial charge in [0.15, 0.2) is 0 Å². The molecule has 1 saturated heterocycles. The molecule has 0 saturated carbocycles. The topological polar surface area (TPSA) is 91.7 Å². The summed E-state index contributed by atoms with van der Waals surface area (Å²) in [5.74, 6) is -0.717. The van der Waals surface area contributed by atoms with E-state index in [2.05, 4.69) is 15.5 Å². The van der Waals surface area contributed by atoms with Crippen molar-refractivity contribution in [3.63, 3.8) is 0 Å². The van der Waals surface area contributed by atoms with Crippen LogP contribution in [0, 0.1) is 12.8 Å². The number of nitrogens with zero attached hydrogens (tertiary/aromatic N) is 3. The Bertz CT molecular complexity index is 929. The SMILES string of the molecule is Cc1ccccc1S(=O)(=O)N1CCCC(C(=O)N/N=C/c2ccccn2)C1. The van der Waals surface area contributed by atoms with Gasteiger partial charge in [-0.25, -0.2) is 13.8 Å². The molecule has 0 bridgehead atoms. The normalized spacial score (nSPS) is 18.5. The zero-order valence-corrected chi connectivity index (χ0v) is 15.9. The molecule has 1 amide bonds. The zero-order chi connectivity index (χ0) is 19.3. The van der Waals surface area contributed by atoms with Gasteiger partial charge >= 0.3 is 0 Å². The van der Waals surface area contributed by atoms with Crippen LogP contribution >= 0.6 is 0 Å². The molecule has 0 radical (unpaired) electrons. The predicted octanol–water partition coefficient (Wildman–Crippen LogP) is 1.94. The fourth-order valence-corrected chi connectivity index (χ4v) is 4.81. The number of sulfonamides is 1. The number of aryl methyl sites for hydroxylation is 1. The Balaban J connectivity index is 1.66. The fourth-order valence-electron chi connectivity index (χ4n) is 3.07. The number of hydrazone groups is 1. The van der Waals surface area contributed by atoms with Crippen LogP contribution < -0.4 is 5.43 Å². The summed E-state index contributed by atoms with van der Waals surface area (Å²) in [6, 6.07) is 12.3. The van der Waals surface area contributed by atoms with Crippen LogP contribution in [0.15, 0.2) is 58.7 Å². The third-order valence-electron chi connectivity index (χ3n) is 4.53. The number of nitrogens with one attached hydrogen (secondary N) is 1. The monoisotopic (exact) mass is 386 g/mol. The molecule has 3 rings (SSSR count). The molecule has 1 aliphatic heterocycles. The summed E-state index contributed by atoms with van der Waals surface area (Å²) in [5, 5.41) is 3.92. The average molecular weight is 386 g/mol. The first kappa shape index (κ1) is 19.2. The maximum absolute atomic E-state index is 12.9. The molecule has 1 N–H and O–H groups in total. The number of hydrogen-bond donors (Lipinski definition) is 1. The van der Waals surface area contributed by atoms with E-state index in [9.17, 15) is 13.2 Å². The van der Waals surface area contributed by atoms with E-state index < -0.39 is 15.9 Å². The quantitative estimate of drug-likeness (QED) is 0.628. The second-order valence-corrected chi connectivity index (χ2v) is 8.36. The van der Waals surface area contributed by atoms with E-state index in [0.717, 1.165) is 0 Å². The van der Waals surface area contributed by atoms with Gasteiger partial charge in [0.05, 0.1) is 22.7 Å². The molecular formula is C19H22N4O3S. The molecule has 0 spiro atoms. The minimum atomic E-state index is -3.62. The van der Waals surface area contributed by atoms with Crippen LogP contribution in [-0.4, -0.2) is 42.9 Å². The highest BCUT2D eigenvalue weighted by atomic mass is 32.2. The molecule has 2 aromatic rings. The smallest absolute Gasteiger partial charge is 0.244 e. The molecule has 1 aromatic heterocycles. The van der Waals surface area contributed by atoms with Crippen molar-refractivity contribution in [3.8, 4) is 0 Å². The molecular weight excluding hydrogens is 364 g/mol. The molecule has 2 heterocycles. The third-order valence-corrected chi connectivity index (χ3v) is 6.55. The fraction of sp³-hybridized carbons (Fsp3) is 0.316. The van der Waals surface area contributed by atoms with Gasteiger partial charge in [0.25, 0.3) is 0 Å². The number of aromatic nitrogens is 1. The Labute approximate surface area is 159 Å². The lowest BCUT2D eigenvalue weighted by molar-refractivity contribution is -0.126. The lowest BCUT2D eigenvalue weighted by Crippen LogP contribution is -2.44. The van der Waals surface area contributed by atoms with Gasteiger partial charge in [-0.15, -0.1) is 0 Å². The van der Waals surface area contributed by atoms with E-state index in [1.807, 2.05) is 6.07 Å². The van der Waals surface area contributed by atoms with Crippen LogP contribution in [0.25, 0.3) is 0 Å². The Kier molecular flexibility index (Phi) is 5.98. The van der Waals surface area contributed by atoms with Crippen molar-refractivity contribution >= 4 is 22.1 Å². The third kappa shape index (κ3) is 4.58. The standard InChI is InChI=1S/C19H22N4O3S/c1-15-7-2-3-10-18(15)27(25,26)23-12-6-8-16(14-23)19(24)22-21-13-17-9-4-5-11-20-17/h2-5,7,9-11,13,16H,6,8,12,14H2,1H3,(H,22,24)/b21-13+. The molecule has 142 valence electrons. The minimum absolute atomic E-state index is 0.154. The first-order chi connectivity index (χ1) is 13.0. The summed E-state index contributed by atoms with van der Waals surface area (Å²) in [7, 11) is -3.62. The van der Waals surface area contributed by atoms with Gasteiger partial charge in [0, 0.05) is 19.3 Å². The van der Waals surface area contributed by atoms with Crippen LogP contribution in [0.2, 0.25) is 0 Å². The largest absolute Gasteiger partial charge is 0.273 e. The molecule has 1 atom stereocenters. The second-order valence-electron chi connectivity index (χ2n) is 6.46. The lowest BCUT2D eigenvalue weighted by atomic mass is 9.99. The first-order valence-corrected chi connectivity index (χ1v) is 10.2. The number of rotatable bonds is 5. The number of hydrogen-bond acceptors (Lipinski definition) is 5. The van der Waals surface area contributed by atoms with Crippen molar-refractivity contribution in [2.24, 2.45) is 11.0 Å². The van der Waals surface area contributed by atoms with Crippen molar-refractivity contribution in [3.05, 3.63) is 59.9 Å². The Morgan fingerprint density at radius 3 is 2.78 bits per heavy atom. The van der Waals surface area contributed by atoms with E-state index in [-0.39, 0.29) is 12.5 Å². The summed E-state index contributed by atoms with van der Waals surface area (Å²) in [6.45, 7) is 2.34. The summed E-state index contributed by atoms with van der Waals surface area (Å²) in [6.07, 6.45) is 4.36. The summed E-state index contributed by atoms with van der Waals surface area (Å²) >= 11 is 0. The van der Waals surface area contributed by atoms with Gasteiger partial charge in [-0.1, -0.05) is 24.3 Å². The van der Waals surface area contributed by atoms with Crippen LogP contribution in [0.5, 0.6) is 0 Å². The number of piperidine rings is 1. The van der Waals surface area contributed by atoms with Crippen LogP contribution in [0.1, 0.15) is 24.1 Å². The number of pyridine rings is 1. The Morgan fingerprint density at radius 1 is 1.26 bits per heavy atom. The highest BCUT2D eigenvalue weighted by Crippen LogP contribution is 2.25. The van der Waals surface area contributed by atoms with E-state index in [1.165, 1.54) is 10.5 Å². The number of carbonyl (C=O) groups excluding carboxylic acids is 1. The summed E-state index contributed by atoms with van der Waals surface area (Å²) < 4.78 is 27.3. The van der Waals surface area contributed by atoms with Crippen molar-refractivity contribution < 1.29 is 13.2 Å². The van der Waals surface area contributed by atoms with Crippen molar-refractivity contribution in [1.82, 2.24) is 14.7 Å². The minimum Gasteiger partial charge on any atom is -0.273 e. The molecule has 27 heavy (non-hydrogen) atoms. The maximum Gasteiger partial charge on any atom is 0.244 e. The van der Waals surface area contributed by atoms with Gasteiger partial charge in [-0.2, -0.15) is 9.41 Å². The Morgan fingerprint density at radius 2 is 2.04 bits per heavy atom. The van der Waals surface area contributed by atoms with Gasteiger partial charge < -0.3 is 0 Å². The zero-order valence-electron chi connectivity index (χ0n) is 15.1. The molecule has 1 aliphatic rings. The van der Waals surface area contributed by atoms with Gasteiger partial charge in [0.1, 0.15) is 0 Å². The van der Waals surface area contributed by atoms with E-state index in [0.29, 0.717) is 35.5 Å². The molecule has 1 unspecified atom stereocenters. The summed E-state index contributed by atoms with van der Waals surface area (Å²) in [5.41, 5.74) is 3.82. The van der Waals surface area contributed by atoms with Crippen molar-refractivity contribution in [2.45, 2.75) is 24.7 Å². The summed E-state index contributed by atoms with van der Waals surface area (Å²) in [4.78, 5) is 16.8. The molecule has 8 heteroatoms. The van der Waals surface area contributed by atoms with Gasteiger partial charge in [-0.05, 0) is 43.5 Å². The van der Waals surface area contributed by atoms with E-state index in [1.54, 1.807) is 49.5 Å². The number of benzene rings is 1. The lowest BCUT2D eigenvalue weighted by Gasteiger charge is -2.31.